The molecule has 7 nitrogen and oxygen atoms in total. The van der Waals surface area contributed by atoms with Gasteiger partial charge < -0.3 is 5.32 Å². The fraction of sp³-hybridized carbons (Fsp3) is 0.538. The Kier molecular flexibility index (Phi) is 3.62. The van der Waals surface area contributed by atoms with Crippen molar-refractivity contribution < 1.29 is 4.79 Å². The topological polar surface area (TPSA) is 92.7 Å². The van der Waals surface area contributed by atoms with Crippen LogP contribution in [0.3, 0.4) is 0 Å². The van der Waals surface area contributed by atoms with E-state index in [0.717, 1.165) is 29.4 Å². The highest BCUT2D eigenvalue weighted by molar-refractivity contribution is 7.13. The Labute approximate surface area is 125 Å². The highest BCUT2D eigenvalue weighted by Crippen LogP contribution is 2.18. The standard InChI is InChI=1S/C13H17N5O2S/c1-7-11(21-8(2)14-7)12(19)15-9-3-4-10-16-17-13(20)18(10)6-5-9/h9H,3-6H2,1-2H3,(H,15,19)(H,17,20). The molecule has 3 heterocycles. The first-order valence-corrected chi connectivity index (χ1v) is 7.75. The van der Waals surface area contributed by atoms with E-state index in [1.165, 1.54) is 11.3 Å². The molecular formula is C13H17N5O2S. The molecular weight excluding hydrogens is 290 g/mol. The zero-order valence-corrected chi connectivity index (χ0v) is 12.8. The Hall–Kier alpha value is -1.96. The number of thiazole rings is 1. The summed E-state index contributed by atoms with van der Waals surface area (Å²) in [6.07, 6.45) is 2.20. The molecule has 0 saturated heterocycles. The quantitative estimate of drug-likeness (QED) is 0.857. The number of aromatic nitrogens is 4. The van der Waals surface area contributed by atoms with Crippen LogP contribution < -0.4 is 11.0 Å². The van der Waals surface area contributed by atoms with Gasteiger partial charge in [-0.1, -0.05) is 0 Å². The molecule has 3 rings (SSSR count). The van der Waals surface area contributed by atoms with Crippen LogP contribution in [0.25, 0.3) is 0 Å². The lowest BCUT2D eigenvalue weighted by molar-refractivity contribution is 0.0936. The van der Waals surface area contributed by atoms with Gasteiger partial charge in [-0.3, -0.25) is 9.36 Å². The van der Waals surface area contributed by atoms with Gasteiger partial charge in [0.1, 0.15) is 10.7 Å². The van der Waals surface area contributed by atoms with Gasteiger partial charge in [0, 0.05) is 19.0 Å². The number of rotatable bonds is 2. The molecule has 2 N–H and O–H groups in total. The number of nitrogens with zero attached hydrogens (tertiary/aromatic N) is 3. The van der Waals surface area contributed by atoms with E-state index in [1.54, 1.807) is 4.57 Å². The van der Waals surface area contributed by atoms with Gasteiger partial charge in [0.25, 0.3) is 5.91 Å². The van der Waals surface area contributed by atoms with Gasteiger partial charge in [-0.15, -0.1) is 11.3 Å². The van der Waals surface area contributed by atoms with Crippen LogP contribution in [0.5, 0.6) is 0 Å². The van der Waals surface area contributed by atoms with Gasteiger partial charge in [0.15, 0.2) is 0 Å². The highest BCUT2D eigenvalue weighted by Gasteiger charge is 2.22. The van der Waals surface area contributed by atoms with Crippen molar-refractivity contribution in [2.45, 2.75) is 45.7 Å². The molecule has 0 saturated carbocycles. The molecule has 0 fully saturated rings. The molecule has 0 bridgehead atoms. The smallest absolute Gasteiger partial charge is 0.343 e. The highest BCUT2D eigenvalue weighted by atomic mass is 32.1. The van der Waals surface area contributed by atoms with Crippen molar-refractivity contribution in [1.29, 1.82) is 0 Å². The largest absolute Gasteiger partial charge is 0.348 e. The second-order valence-electron chi connectivity index (χ2n) is 5.24. The van der Waals surface area contributed by atoms with E-state index in [2.05, 4.69) is 20.5 Å². The average molecular weight is 307 g/mol. The zero-order chi connectivity index (χ0) is 15.0. The molecule has 1 aliphatic heterocycles. The summed E-state index contributed by atoms with van der Waals surface area (Å²) in [5.41, 5.74) is 0.596. The number of H-pyrrole nitrogens is 1. The first kappa shape index (κ1) is 14.0. The molecule has 0 spiro atoms. The van der Waals surface area contributed by atoms with Gasteiger partial charge >= 0.3 is 5.69 Å². The van der Waals surface area contributed by atoms with Gasteiger partial charge in [-0.05, 0) is 26.7 Å². The Bertz CT molecular complexity index is 729. The monoisotopic (exact) mass is 307 g/mol. The van der Waals surface area contributed by atoms with Crippen LogP contribution in [0, 0.1) is 13.8 Å². The molecule has 112 valence electrons. The van der Waals surface area contributed by atoms with E-state index in [0.29, 0.717) is 17.8 Å². The van der Waals surface area contributed by atoms with Crippen LogP contribution in [0.2, 0.25) is 0 Å². The second kappa shape index (κ2) is 5.44. The van der Waals surface area contributed by atoms with Crippen LogP contribution in [0.1, 0.15) is 39.0 Å². The lowest BCUT2D eigenvalue weighted by Gasteiger charge is -2.15. The summed E-state index contributed by atoms with van der Waals surface area (Å²) in [6, 6.07) is 0.0559. The molecule has 21 heavy (non-hydrogen) atoms. The Morgan fingerprint density at radius 3 is 2.95 bits per heavy atom. The molecule has 2 aromatic rings. The lowest BCUT2D eigenvalue weighted by Crippen LogP contribution is -2.35. The van der Waals surface area contributed by atoms with Gasteiger partial charge in [-0.25, -0.2) is 14.9 Å². The molecule has 2 aromatic heterocycles. The molecule has 1 unspecified atom stereocenters. The SMILES string of the molecule is Cc1nc(C)c(C(=O)NC2CCc3n[nH]c(=O)n3CC2)s1. The third kappa shape index (κ3) is 2.76. The van der Waals surface area contributed by atoms with Crippen LogP contribution in [0.15, 0.2) is 4.79 Å². The Morgan fingerprint density at radius 1 is 1.43 bits per heavy atom. The van der Waals surface area contributed by atoms with Crippen LogP contribution in [-0.2, 0) is 13.0 Å². The number of carbonyl (C=O) groups is 1. The number of carbonyl (C=O) groups excluding carboxylic acids is 1. The molecule has 0 aromatic carbocycles. The number of fused-ring (bicyclic) bond motifs is 1. The summed E-state index contributed by atoms with van der Waals surface area (Å²) >= 11 is 1.41. The summed E-state index contributed by atoms with van der Waals surface area (Å²) in [7, 11) is 0. The molecule has 1 atom stereocenters. The van der Waals surface area contributed by atoms with Gasteiger partial charge in [0.05, 0.1) is 10.7 Å². The average Bonchev–Trinajstić information content (AvgIpc) is 2.88. The summed E-state index contributed by atoms with van der Waals surface area (Å²) in [4.78, 5) is 28.8. The Balaban J connectivity index is 1.68. The number of hydrogen-bond acceptors (Lipinski definition) is 5. The fourth-order valence-corrected chi connectivity index (χ4v) is 3.46. The van der Waals surface area contributed by atoms with Crippen molar-refractivity contribution in [2.75, 3.05) is 0 Å². The summed E-state index contributed by atoms with van der Waals surface area (Å²) in [5, 5.41) is 10.4. The van der Waals surface area contributed by atoms with Crippen LogP contribution in [0.4, 0.5) is 0 Å². The molecule has 0 aliphatic carbocycles. The molecule has 8 heteroatoms. The summed E-state index contributed by atoms with van der Waals surface area (Å²) in [5.74, 6) is 0.693. The van der Waals surface area contributed by atoms with Crippen LogP contribution >= 0.6 is 11.3 Å². The van der Waals surface area contributed by atoms with Crippen molar-refractivity contribution in [3.8, 4) is 0 Å². The first-order chi connectivity index (χ1) is 10.0. The lowest BCUT2D eigenvalue weighted by atomic mass is 10.1. The number of amides is 1. The molecule has 0 radical (unpaired) electrons. The maximum atomic E-state index is 12.3. The minimum Gasteiger partial charge on any atom is -0.348 e. The van der Waals surface area contributed by atoms with E-state index in [1.807, 2.05) is 13.8 Å². The normalized spacial score (nSPS) is 18.1. The predicted octanol–water partition coefficient (Wildman–Crippen LogP) is 0.780. The number of nitrogens with one attached hydrogen (secondary N) is 2. The minimum atomic E-state index is -0.175. The van der Waals surface area contributed by atoms with Crippen molar-refractivity contribution in [1.82, 2.24) is 25.1 Å². The molecule has 1 aliphatic rings. The van der Waals surface area contributed by atoms with Crippen molar-refractivity contribution >= 4 is 17.2 Å². The maximum Gasteiger partial charge on any atom is 0.343 e. The maximum absolute atomic E-state index is 12.3. The van der Waals surface area contributed by atoms with Crippen molar-refractivity contribution in [2.24, 2.45) is 0 Å². The third-order valence-corrected chi connectivity index (χ3v) is 4.77. The van der Waals surface area contributed by atoms with Crippen molar-refractivity contribution in [3.05, 3.63) is 31.9 Å². The molecule has 1 amide bonds. The number of aromatic amines is 1. The van der Waals surface area contributed by atoms with Crippen LogP contribution in [-0.4, -0.2) is 31.7 Å². The van der Waals surface area contributed by atoms with Gasteiger partial charge in [0.2, 0.25) is 0 Å². The first-order valence-electron chi connectivity index (χ1n) is 6.93. The second-order valence-corrected chi connectivity index (χ2v) is 6.44. The van der Waals surface area contributed by atoms with E-state index in [4.69, 9.17) is 0 Å². The van der Waals surface area contributed by atoms with E-state index < -0.39 is 0 Å². The number of aryl methyl sites for hydroxylation is 3. The summed E-state index contributed by atoms with van der Waals surface area (Å²) < 4.78 is 1.65. The van der Waals surface area contributed by atoms with E-state index in [-0.39, 0.29) is 17.6 Å². The third-order valence-electron chi connectivity index (χ3n) is 3.70. The Morgan fingerprint density at radius 2 is 2.24 bits per heavy atom. The zero-order valence-electron chi connectivity index (χ0n) is 12.0. The van der Waals surface area contributed by atoms with E-state index >= 15 is 0 Å². The van der Waals surface area contributed by atoms with Crippen molar-refractivity contribution in [3.63, 3.8) is 0 Å². The summed E-state index contributed by atoms with van der Waals surface area (Å²) in [6.45, 7) is 4.32. The predicted molar refractivity (Wildman–Crippen MR) is 78.6 cm³/mol. The minimum absolute atomic E-state index is 0.0559. The van der Waals surface area contributed by atoms with E-state index in [9.17, 15) is 9.59 Å². The fourth-order valence-electron chi connectivity index (χ4n) is 2.64. The van der Waals surface area contributed by atoms with Gasteiger partial charge in [-0.2, -0.15) is 5.10 Å². The number of hydrogen-bond donors (Lipinski definition) is 2.